The monoisotopic (exact) mass is 223 g/mol. The van der Waals surface area contributed by atoms with E-state index in [9.17, 15) is 4.79 Å². The van der Waals surface area contributed by atoms with Crippen molar-refractivity contribution in [3.8, 4) is 0 Å². The molecule has 1 aromatic rings. The van der Waals surface area contributed by atoms with E-state index in [0.717, 1.165) is 18.9 Å². The molecular formula is C11H17N3O2. The standard InChI is InChI=1S/C11H17N3O2/c1-2-14(6-3-7-15)10-5-4-9(8-13-10)11(12)16/h4-5,8,15H,2-3,6-7H2,1H3,(H2,12,16). The Labute approximate surface area is 94.9 Å². The zero-order chi connectivity index (χ0) is 12.0. The second-order valence-corrected chi connectivity index (χ2v) is 3.43. The highest BCUT2D eigenvalue weighted by molar-refractivity contribution is 5.92. The van der Waals surface area contributed by atoms with E-state index in [0.29, 0.717) is 12.0 Å². The van der Waals surface area contributed by atoms with Crippen LogP contribution < -0.4 is 10.6 Å². The number of nitrogens with two attached hydrogens (primary N) is 1. The highest BCUT2D eigenvalue weighted by Crippen LogP contribution is 2.11. The maximum Gasteiger partial charge on any atom is 0.250 e. The van der Waals surface area contributed by atoms with Gasteiger partial charge in [0.15, 0.2) is 0 Å². The lowest BCUT2D eigenvalue weighted by Gasteiger charge is -2.21. The van der Waals surface area contributed by atoms with Crippen LogP contribution in [0.15, 0.2) is 18.3 Å². The van der Waals surface area contributed by atoms with Crippen LogP contribution in [0.25, 0.3) is 0 Å². The molecule has 0 atom stereocenters. The first-order valence-electron chi connectivity index (χ1n) is 5.30. The molecular weight excluding hydrogens is 206 g/mol. The number of primary amides is 1. The van der Waals surface area contributed by atoms with E-state index < -0.39 is 5.91 Å². The minimum Gasteiger partial charge on any atom is -0.396 e. The van der Waals surface area contributed by atoms with Crippen LogP contribution in [0.1, 0.15) is 23.7 Å². The van der Waals surface area contributed by atoms with Crippen molar-refractivity contribution in [2.45, 2.75) is 13.3 Å². The second kappa shape index (κ2) is 6.07. The first-order chi connectivity index (χ1) is 7.69. The number of nitrogens with zero attached hydrogens (tertiary/aromatic N) is 2. The van der Waals surface area contributed by atoms with Crippen LogP contribution in [0.4, 0.5) is 5.82 Å². The maximum atomic E-state index is 10.9. The molecule has 0 spiro atoms. The van der Waals surface area contributed by atoms with Gasteiger partial charge in [-0.3, -0.25) is 4.79 Å². The summed E-state index contributed by atoms with van der Waals surface area (Å²) in [5, 5.41) is 8.77. The number of carbonyl (C=O) groups excluding carboxylic acids is 1. The minimum atomic E-state index is -0.475. The van der Waals surface area contributed by atoms with Crippen LogP contribution in [0, 0.1) is 0 Å². The number of aliphatic hydroxyl groups excluding tert-OH is 1. The van der Waals surface area contributed by atoms with Crippen molar-refractivity contribution in [1.82, 2.24) is 4.98 Å². The van der Waals surface area contributed by atoms with E-state index in [1.165, 1.54) is 6.20 Å². The summed E-state index contributed by atoms with van der Waals surface area (Å²) in [5.41, 5.74) is 5.53. The predicted molar refractivity (Wildman–Crippen MR) is 62.3 cm³/mol. The molecule has 88 valence electrons. The van der Waals surface area contributed by atoms with Crippen molar-refractivity contribution in [2.75, 3.05) is 24.6 Å². The van der Waals surface area contributed by atoms with Gasteiger partial charge in [0.05, 0.1) is 5.56 Å². The van der Waals surface area contributed by atoms with Gasteiger partial charge in [-0.1, -0.05) is 0 Å². The van der Waals surface area contributed by atoms with Crippen LogP contribution in [0.5, 0.6) is 0 Å². The highest BCUT2D eigenvalue weighted by atomic mass is 16.3. The van der Waals surface area contributed by atoms with E-state index in [1.54, 1.807) is 12.1 Å². The van der Waals surface area contributed by atoms with E-state index in [4.69, 9.17) is 10.8 Å². The number of carbonyl (C=O) groups is 1. The third kappa shape index (κ3) is 3.20. The van der Waals surface area contributed by atoms with Crippen molar-refractivity contribution < 1.29 is 9.90 Å². The number of pyridine rings is 1. The average molecular weight is 223 g/mol. The fourth-order valence-corrected chi connectivity index (χ4v) is 1.42. The Bertz CT molecular complexity index is 338. The third-order valence-corrected chi connectivity index (χ3v) is 2.32. The van der Waals surface area contributed by atoms with Gasteiger partial charge in [-0.05, 0) is 25.5 Å². The molecule has 0 fully saturated rings. The molecule has 0 aliphatic carbocycles. The van der Waals surface area contributed by atoms with Gasteiger partial charge in [-0.2, -0.15) is 0 Å². The summed E-state index contributed by atoms with van der Waals surface area (Å²) in [6.45, 7) is 3.73. The number of anilines is 1. The quantitative estimate of drug-likeness (QED) is 0.731. The van der Waals surface area contributed by atoms with Gasteiger partial charge in [0, 0.05) is 25.9 Å². The lowest BCUT2D eigenvalue weighted by molar-refractivity contribution is 0.1000. The molecule has 16 heavy (non-hydrogen) atoms. The Balaban J connectivity index is 2.74. The fraction of sp³-hybridized carbons (Fsp3) is 0.455. The van der Waals surface area contributed by atoms with Crippen molar-refractivity contribution >= 4 is 11.7 Å². The number of amides is 1. The molecule has 5 nitrogen and oxygen atoms in total. The Kier molecular flexibility index (Phi) is 4.72. The normalized spacial score (nSPS) is 10.1. The molecule has 0 unspecified atom stereocenters. The van der Waals surface area contributed by atoms with E-state index >= 15 is 0 Å². The Morgan fingerprint density at radius 2 is 2.31 bits per heavy atom. The average Bonchev–Trinajstić information content (AvgIpc) is 2.30. The van der Waals surface area contributed by atoms with Crippen molar-refractivity contribution in [1.29, 1.82) is 0 Å². The maximum absolute atomic E-state index is 10.9. The molecule has 5 heteroatoms. The molecule has 0 radical (unpaired) electrons. The molecule has 1 heterocycles. The molecule has 0 aliphatic rings. The molecule has 0 saturated carbocycles. The Hall–Kier alpha value is -1.62. The van der Waals surface area contributed by atoms with Gasteiger partial charge in [-0.25, -0.2) is 4.98 Å². The topological polar surface area (TPSA) is 79.5 Å². The molecule has 3 N–H and O–H groups in total. The third-order valence-electron chi connectivity index (χ3n) is 2.32. The van der Waals surface area contributed by atoms with Gasteiger partial charge in [0.25, 0.3) is 0 Å². The number of aromatic nitrogens is 1. The number of hydrogen-bond donors (Lipinski definition) is 2. The van der Waals surface area contributed by atoms with Crippen LogP contribution in [-0.2, 0) is 0 Å². The van der Waals surface area contributed by atoms with Gasteiger partial charge in [0.1, 0.15) is 5.82 Å². The smallest absolute Gasteiger partial charge is 0.250 e. The zero-order valence-electron chi connectivity index (χ0n) is 9.39. The summed E-state index contributed by atoms with van der Waals surface area (Å²) < 4.78 is 0. The van der Waals surface area contributed by atoms with Gasteiger partial charge in [0.2, 0.25) is 5.91 Å². The summed E-state index contributed by atoms with van der Waals surface area (Å²) in [6.07, 6.45) is 2.17. The first kappa shape index (κ1) is 12.4. The highest BCUT2D eigenvalue weighted by Gasteiger charge is 2.06. The fourth-order valence-electron chi connectivity index (χ4n) is 1.42. The molecule has 1 rings (SSSR count). The largest absolute Gasteiger partial charge is 0.396 e. The van der Waals surface area contributed by atoms with Gasteiger partial charge < -0.3 is 15.7 Å². The molecule has 1 aromatic heterocycles. The lowest BCUT2D eigenvalue weighted by Crippen LogP contribution is -2.25. The summed E-state index contributed by atoms with van der Waals surface area (Å²) in [5.74, 6) is 0.318. The van der Waals surface area contributed by atoms with Crippen molar-refractivity contribution in [3.63, 3.8) is 0 Å². The number of hydrogen-bond acceptors (Lipinski definition) is 4. The SMILES string of the molecule is CCN(CCCO)c1ccc(C(N)=O)cn1. The van der Waals surface area contributed by atoms with Crippen LogP contribution in [-0.4, -0.2) is 35.7 Å². The van der Waals surface area contributed by atoms with Crippen LogP contribution >= 0.6 is 0 Å². The zero-order valence-corrected chi connectivity index (χ0v) is 9.39. The van der Waals surface area contributed by atoms with Gasteiger partial charge >= 0.3 is 0 Å². The minimum absolute atomic E-state index is 0.163. The summed E-state index contributed by atoms with van der Waals surface area (Å²) in [4.78, 5) is 17.1. The predicted octanol–water partition coefficient (Wildman–Crippen LogP) is 0.389. The van der Waals surface area contributed by atoms with Crippen LogP contribution in [0.3, 0.4) is 0 Å². The number of aliphatic hydroxyl groups is 1. The Morgan fingerprint density at radius 1 is 1.56 bits per heavy atom. The van der Waals surface area contributed by atoms with E-state index in [1.807, 2.05) is 11.8 Å². The molecule has 0 saturated heterocycles. The molecule has 0 aliphatic heterocycles. The summed E-state index contributed by atoms with van der Waals surface area (Å²) in [6, 6.07) is 3.42. The molecule has 0 bridgehead atoms. The summed E-state index contributed by atoms with van der Waals surface area (Å²) in [7, 11) is 0. The second-order valence-electron chi connectivity index (χ2n) is 3.43. The molecule has 1 amide bonds. The van der Waals surface area contributed by atoms with Crippen LogP contribution in [0.2, 0.25) is 0 Å². The van der Waals surface area contributed by atoms with Gasteiger partial charge in [-0.15, -0.1) is 0 Å². The van der Waals surface area contributed by atoms with E-state index in [-0.39, 0.29) is 6.61 Å². The van der Waals surface area contributed by atoms with Crippen molar-refractivity contribution in [2.24, 2.45) is 5.73 Å². The lowest BCUT2D eigenvalue weighted by atomic mass is 10.2. The first-order valence-corrected chi connectivity index (χ1v) is 5.30. The summed E-state index contributed by atoms with van der Waals surface area (Å²) >= 11 is 0. The van der Waals surface area contributed by atoms with Crippen molar-refractivity contribution in [3.05, 3.63) is 23.9 Å². The Morgan fingerprint density at radius 3 is 2.75 bits per heavy atom. The number of rotatable bonds is 6. The van der Waals surface area contributed by atoms with E-state index in [2.05, 4.69) is 4.98 Å². The molecule has 0 aromatic carbocycles.